The van der Waals surface area contributed by atoms with E-state index in [4.69, 9.17) is 17.3 Å². The summed E-state index contributed by atoms with van der Waals surface area (Å²) in [6, 6.07) is 12.7. The van der Waals surface area contributed by atoms with Crippen molar-refractivity contribution in [2.24, 2.45) is 0 Å². The largest absolute Gasteiger partial charge is 0.398 e. The third-order valence-corrected chi connectivity index (χ3v) is 4.58. The fourth-order valence-electron chi connectivity index (χ4n) is 1.56. The van der Waals surface area contributed by atoms with Crippen LogP contribution in [0, 0.1) is 0 Å². The Morgan fingerprint density at radius 3 is 2.72 bits per heavy atom. The molecule has 0 saturated heterocycles. The van der Waals surface area contributed by atoms with Gasteiger partial charge in [-0.25, -0.2) is 0 Å². The predicted octanol–water partition coefficient (Wildman–Crippen LogP) is 3.99. The number of halogens is 2. The van der Waals surface area contributed by atoms with Crippen LogP contribution in [0.5, 0.6) is 0 Å². The summed E-state index contributed by atoms with van der Waals surface area (Å²) in [4.78, 5) is 0.643. The Kier molecular flexibility index (Phi) is 4.43. The number of hydrogen-bond acceptors (Lipinski definition) is 2. The van der Waals surface area contributed by atoms with Crippen molar-refractivity contribution in [3.63, 3.8) is 0 Å². The highest BCUT2D eigenvalue weighted by atomic mass is 79.9. The first-order valence-electron chi connectivity index (χ1n) is 5.24. The zero-order valence-corrected chi connectivity index (χ0v) is 12.6. The molecule has 0 aliphatic carbocycles. The predicted molar refractivity (Wildman–Crippen MR) is 80.1 cm³/mol. The van der Waals surface area contributed by atoms with E-state index in [1.54, 1.807) is 18.2 Å². The minimum atomic E-state index is -1.18. The fourth-order valence-corrected chi connectivity index (χ4v) is 3.51. The van der Waals surface area contributed by atoms with Gasteiger partial charge in [0.2, 0.25) is 0 Å². The number of rotatable bonds is 3. The van der Waals surface area contributed by atoms with Crippen LogP contribution in [-0.2, 0) is 16.6 Å². The van der Waals surface area contributed by atoms with E-state index in [-0.39, 0.29) is 0 Å². The first-order valence-corrected chi connectivity index (χ1v) is 7.73. The third-order valence-electron chi connectivity index (χ3n) is 2.41. The van der Waals surface area contributed by atoms with Crippen molar-refractivity contribution in [1.29, 1.82) is 0 Å². The van der Waals surface area contributed by atoms with Crippen molar-refractivity contribution in [1.82, 2.24) is 0 Å². The fraction of sp³-hybridized carbons (Fsp3) is 0.0769. The van der Waals surface area contributed by atoms with Crippen LogP contribution in [0.2, 0.25) is 5.02 Å². The van der Waals surface area contributed by atoms with Crippen LogP contribution in [-0.4, -0.2) is 4.21 Å². The molecule has 0 radical (unpaired) electrons. The summed E-state index contributed by atoms with van der Waals surface area (Å²) in [7, 11) is -1.18. The van der Waals surface area contributed by atoms with E-state index < -0.39 is 10.8 Å². The van der Waals surface area contributed by atoms with Gasteiger partial charge in [-0.05, 0) is 35.9 Å². The Morgan fingerprint density at radius 2 is 2.00 bits per heavy atom. The smallest absolute Gasteiger partial charge is 0.0632 e. The van der Waals surface area contributed by atoms with Gasteiger partial charge in [0, 0.05) is 15.2 Å². The van der Waals surface area contributed by atoms with Crippen molar-refractivity contribution in [2.75, 3.05) is 5.73 Å². The molecule has 2 N–H and O–H groups in total. The molecule has 5 heteroatoms. The van der Waals surface area contributed by atoms with Gasteiger partial charge in [-0.1, -0.05) is 39.7 Å². The van der Waals surface area contributed by atoms with E-state index in [2.05, 4.69) is 15.9 Å². The molecule has 2 aromatic rings. The molecule has 0 spiro atoms. The average Bonchev–Trinajstić information content (AvgIpc) is 2.32. The standard InChI is InChI=1S/C13H11BrClNOS/c14-10-4-5-12(16)13(7-10)18(17)8-9-2-1-3-11(15)6-9/h1-7H,8,16H2. The topological polar surface area (TPSA) is 43.1 Å². The second-order valence-electron chi connectivity index (χ2n) is 3.80. The molecule has 0 fully saturated rings. The van der Waals surface area contributed by atoms with Crippen molar-refractivity contribution in [3.05, 3.63) is 57.5 Å². The molecule has 0 heterocycles. The molecule has 0 aromatic heterocycles. The highest BCUT2D eigenvalue weighted by Gasteiger charge is 2.09. The Bertz CT molecular complexity index is 603. The van der Waals surface area contributed by atoms with Crippen molar-refractivity contribution in [3.8, 4) is 0 Å². The van der Waals surface area contributed by atoms with Crippen LogP contribution >= 0.6 is 27.5 Å². The van der Waals surface area contributed by atoms with E-state index in [9.17, 15) is 4.21 Å². The summed E-state index contributed by atoms with van der Waals surface area (Å²) < 4.78 is 13.1. The maximum absolute atomic E-state index is 12.3. The number of nitrogen functional groups attached to an aromatic ring is 1. The van der Waals surface area contributed by atoms with Gasteiger partial charge in [0.15, 0.2) is 0 Å². The monoisotopic (exact) mass is 343 g/mol. The van der Waals surface area contributed by atoms with Gasteiger partial charge in [0.1, 0.15) is 0 Å². The molecule has 2 nitrogen and oxygen atoms in total. The molecule has 18 heavy (non-hydrogen) atoms. The first-order chi connectivity index (χ1) is 8.56. The zero-order valence-electron chi connectivity index (χ0n) is 9.40. The second kappa shape index (κ2) is 5.87. The lowest BCUT2D eigenvalue weighted by Gasteiger charge is -2.07. The molecule has 0 bridgehead atoms. The van der Waals surface area contributed by atoms with Crippen LogP contribution in [0.15, 0.2) is 51.8 Å². The molecule has 94 valence electrons. The summed E-state index contributed by atoms with van der Waals surface area (Å²) >= 11 is 9.25. The molecule has 2 aromatic carbocycles. The lowest BCUT2D eigenvalue weighted by Crippen LogP contribution is -2.01. The lowest BCUT2D eigenvalue weighted by molar-refractivity contribution is 0.683. The highest BCUT2D eigenvalue weighted by molar-refractivity contribution is 9.10. The van der Waals surface area contributed by atoms with Gasteiger partial charge >= 0.3 is 0 Å². The molecule has 0 aliphatic rings. The van der Waals surface area contributed by atoms with E-state index in [1.165, 1.54) is 0 Å². The third kappa shape index (κ3) is 3.34. The highest BCUT2D eigenvalue weighted by Crippen LogP contribution is 2.24. The molecule has 1 unspecified atom stereocenters. The van der Waals surface area contributed by atoms with Gasteiger partial charge in [-0.3, -0.25) is 4.21 Å². The van der Waals surface area contributed by atoms with E-state index in [0.717, 1.165) is 10.0 Å². The SMILES string of the molecule is Nc1ccc(Br)cc1S(=O)Cc1cccc(Cl)c1. The summed E-state index contributed by atoms with van der Waals surface area (Å²) in [5.41, 5.74) is 7.31. The Balaban J connectivity index is 2.24. The summed E-state index contributed by atoms with van der Waals surface area (Å²) in [5, 5.41) is 0.645. The van der Waals surface area contributed by atoms with E-state index in [1.807, 2.05) is 24.3 Å². The Hall–Kier alpha value is -0.840. The number of nitrogens with two attached hydrogens (primary N) is 1. The number of hydrogen-bond donors (Lipinski definition) is 1. The summed E-state index contributed by atoms with van der Waals surface area (Å²) in [6.45, 7) is 0. The van der Waals surface area contributed by atoms with Crippen LogP contribution in [0.25, 0.3) is 0 Å². The normalized spacial score (nSPS) is 12.3. The van der Waals surface area contributed by atoms with Gasteiger partial charge < -0.3 is 5.73 Å². The molecule has 0 aliphatic heterocycles. The van der Waals surface area contributed by atoms with Gasteiger partial charge in [0.05, 0.1) is 21.4 Å². The summed E-state index contributed by atoms with van der Waals surface area (Å²) in [6.07, 6.45) is 0. The van der Waals surface area contributed by atoms with Crippen molar-refractivity contribution in [2.45, 2.75) is 10.6 Å². The molecular weight excluding hydrogens is 334 g/mol. The first kappa shape index (κ1) is 13.6. The van der Waals surface area contributed by atoms with E-state index >= 15 is 0 Å². The molecule has 0 saturated carbocycles. The van der Waals surface area contributed by atoms with E-state index in [0.29, 0.717) is 21.4 Å². The maximum atomic E-state index is 12.3. The number of anilines is 1. The van der Waals surface area contributed by atoms with Crippen LogP contribution in [0.4, 0.5) is 5.69 Å². The van der Waals surface area contributed by atoms with Crippen molar-refractivity contribution >= 4 is 44.0 Å². The van der Waals surface area contributed by atoms with Crippen LogP contribution in [0.3, 0.4) is 0 Å². The van der Waals surface area contributed by atoms with Crippen LogP contribution in [0.1, 0.15) is 5.56 Å². The van der Waals surface area contributed by atoms with Gasteiger partial charge in [0.25, 0.3) is 0 Å². The van der Waals surface area contributed by atoms with Gasteiger partial charge in [-0.15, -0.1) is 0 Å². The Labute approximate surface area is 122 Å². The Morgan fingerprint density at radius 1 is 1.22 bits per heavy atom. The second-order valence-corrected chi connectivity index (χ2v) is 6.57. The molecule has 0 amide bonds. The van der Waals surface area contributed by atoms with Crippen molar-refractivity contribution < 1.29 is 4.21 Å². The lowest BCUT2D eigenvalue weighted by atomic mass is 10.2. The maximum Gasteiger partial charge on any atom is 0.0632 e. The van der Waals surface area contributed by atoms with Gasteiger partial charge in [-0.2, -0.15) is 0 Å². The quantitative estimate of drug-likeness (QED) is 0.855. The molecule has 2 rings (SSSR count). The summed E-state index contributed by atoms with van der Waals surface area (Å²) in [5.74, 6) is 0.404. The molecular formula is C13H11BrClNOS. The minimum Gasteiger partial charge on any atom is -0.398 e. The average molecular weight is 345 g/mol. The van der Waals surface area contributed by atoms with Crippen LogP contribution < -0.4 is 5.73 Å². The zero-order chi connectivity index (χ0) is 13.1. The minimum absolute atomic E-state index is 0.404. The number of benzene rings is 2. The molecule has 1 atom stereocenters.